The Morgan fingerprint density at radius 3 is 2.60 bits per heavy atom. The Hall–Kier alpha value is -1.53. The first-order valence-electron chi connectivity index (χ1n) is 4.17. The van der Waals surface area contributed by atoms with Crippen molar-refractivity contribution in [2.75, 3.05) is 25.1 Å². The number of hydrogen-bond acceptors (Lipinski definition) is 4. The van der Waals surface area contributed by atoms with E-state index in [1.165, 1.54) is 11.9 Å². The highest BCUT2D eigenvalue weighted by atomic mass is 32.2. The summed E-state index contributed by atoms with van der Waals surface area (Å²) < 4.78 is 22.3. The minimum absolute atomic E-state index is 0.178. The molecule has 0 bridgehead atoms. The summed E-state index contributed by atoms with van der Waals surface area (Å²) in [7, 11) is -2.06. The van der Waals surface area contributed by atoms with Gasteiger partial charge < -0.3 is 4.90 Å². The number of terminal acetylenes is 1. The second kappa shape index (κ2) is 6.05. The number of rotatable bonds is 5. The van der Waals surface area contributed by atoms with Gasteiger partial charge in [0.1, 0.15) is 11.5 Å². The molecule has 15 heavy (non-hydrogen) atoms. The Kier molecular flexibility index (Phi) is 5.43. The van der Waals surface area contributed by atoms with E-state index in [0.717, 1.165) is 0 Å². The van der Waals surface area contributed by atoms with Crippen molar-refractivity contribution in [3.8, 4) is 18.4 Å². The van der Waals surface area contributed by atoms with Crippen LogP contribution in [0.2, 0.25) is 0 Å². The van der Waals surface area contributed by atoms with E-state index in [1.54, 1.807) is 0 Å². The molecule has 5 nitrogen and oxygen atoms in total. The molecule has 0 aliphatic carbocycles. The van der Waals surface area contributed by atoms with E-state index >= 15 is 0 Å². The maximum atomic E-state index is 11.3. The van der Waals surface area contributed by atoms with Crippen LogP contribution >= 0.6 is 0 Å². The highest BCUT2D eigenvalue weighted by molar-refractivity contribution is 7.92. The number of sulfone groups is 1. The Morgan fingerprint density at radius 1 is 1.53 bits per heavy atom. The zero-order valence-corrected chi connectivity index (χ0v) is 9.25. The molecule has 0 radical (unpaired) electrons. The number of nitriles is 1. The van der Waals surface area contributed by atoms with E-state index in [0.29, 0.717) is 0 Å². The molecule has 0 heterocycles. The number of amides is 1. The Morgan fingerprint density at radius 2 is 2.13 bits per heavy atom. The fourth-order valence-corrected chi connectivity index (χ4v) is 1.77. The van der Waals surface area contributed by atoms with E-state index in [4.69, 9.17) is 11.7 Å². The molecule has 0 aliphatic rings. The van der Waals surface area contributed by atoms with Crippen LogP contribution in [0, 0.1) is 23.7 Å². The van der Waals surface area contributed by atoms with Crippen molar-refractivity contribution in [3.63, 3.8) is 0 Å². The van der Waals surface area contributed by atoms with Gasteiger partial charge in [-0.05, 0) is 0 Å². The van der Waals surface area contributed by atoms with Crippen molar-refractivity contribution in [2.45, 2.75) is 6.42 Å². The number of carbonyl (C=O) groups is 1. The summed E-state index contributed by atoms with van der Waals surface area (Å²) in [5.74, 6) is 0.405. The van der Waals surface area contributed by atoms with Crippen LogP contribution in [-0.4, -0.2) is 44.3 Å². The van der Waals surface area contributed by atoms with Gasteiger partial charge in [-0.1, -0.05) is 5.92 Å². The highest BCUT2D eigenvalue weighted by Gasteiger charge is 2.18. The third-order valence-corrected chi connectivity index (χ3v) is 2.92. The lowest BCUT2D eigenvalue weighted by atomic mass is 10.4. The van der Waals surface area contributed by atoms with Crippen LogP contribution in [0.5, 0.6) is 0 Å². The third kappa shape index (κ3) is 5.71. The lowest BCUT2D eigenvalue weighted by Crippen LogP contribution is -2.33. The van der Waals surface area contributed by atoms with Gasteiger partial charge in [-0.15, -0.1) is 6.42 Å². The van der Waals surface area contributed by atoms with Gasteiger partial charge >= 0.3 is 0 Å². The SMILES string of the molecule is C#CCS(=O)(=O)CC(=O)N(C)CCC#N. The molecule has 0 N–H and O–H groups in total. The summed E-state index contributed by atoms with van der Waals surface area (Å²) >= 11 is 0. The standard InChI is InChI=1S/C9H12N2O3S/c1-3-7-15(13,14)8-9(12)11(2)6-4-5-10/h1H,4,6-8H2,2H3. The minimum atomic E-state index is -3.51. The van der Waals surface area contributed by atoms with Crippen molar-refractivity contribution in [2.24, 2.45) is 0 Å². The first-order chi connectivity index (χ1) is 6.93. The summed E-state index contributed by atoms with van der Waals surface area (Å²) in [5.41, 5.74) is 0. The number of nitrogens with zero attached hydrogens (tertiary/aromatic N) is 2. The summed E-state index contributed by atoms with van der Waals surface area (Å²) in [6.45, 7) is 0.223. The molecule has 6 heteroatoms. The molecule has 0 aromatic carbocycles. The average molecular weight is 228 g/mol. The predicted octanol–water partition coefficient (Wildman–Crippen LogP) is -0.594. The molecule has 0 saturated carbocycles. The first-order valence-corrected chi connectivity index (χ1v) is 6.00. The van der Waals surface area contributed by atoms with Gasteiger partial charge in [0.25, 0.3) is 0 Å². The van der Waals surface area contributed by atoms with Crippen LogP contribution in [0.3, 0.4) is 0 Å². The van der Waals surface area contributed by atoms with Crippen LogP contribution in [0.25, 0.3) is 0 Å². The van der Waals surface area contributed by atoms with Gasteiger partial charge in [0.05, 0.1) is 12.5 Å². The molecule has 0 fully saturated rings. The molecule has 82 valence electrons. The quantitative estimate of drug-likeness (QED) is 0.589. The summed E-state index contributed by atoms with van der Waals surface area (Å²) in [6.07, 6.45) is 5.03. The fraction of sp³-hybridized carbons (Fsp3) is 0.556. The summed E-state index contributed by atoms with van der Waals surface area (Å²) in [5, 5.41) is 8.28. The van der Waals surface area contributed by atoms with Crippen LogP contribution in [0.15, 0.2) is 0 Å². The number of hydrogen-bond donors (Lipinski definition) is 0. The molecule has 0 saturated heterocycles. The molecule has 1 amide bonds. The normalized spacial score (nSPS) is 10.1. The van der Waals surface area contributed by atoms with Crippen LogP contribution in [0.4, 0.5) is 0 Å². The zero-order chi connectivity index (χ0) is 11.9. The molecule has 0 unspecified atom stereocenters. The van der Waals surface area contributed by atoms with Crippen molar-refractivity contribution in [1.82, 2.24) is 4.90 Å². The van der Waals surface area contributed by atoms with Gasteiger partial charge in [-0.3, -0.25) is 4.79 Å². The van der Waals surface area contributed by atoms with E-state index in [9.17, 15) is 13.2 Å². The van der Waals surface area contributed by atoms with Gasteiger partial charge in [-0.25, -0.2) is 8.42 Å². The molecule has 0 spiro atoms. The topological polar surface area (TPSA) is 78.2 Å². The zero-order valence-electron chi connectivity index (χ0n) is 8.43. The summed E-state index contributed by atoms with van der Waals surface area (Å²) in [6, 6.07) is 1.87. The highest BCUT2D eigenvalue weighted by Crippen LogP contribution is 1.95. The van der Waals surface area contributed by atoms with E-state index in [1.807, 2.05) is 12.0 Å². The van der Waals surface area contributed by atoms with Crippen molar-refractivity contribution in [1.29, 1.82) is 5.26 Å². The van der Waals surface area contributed by atoms with Crippen LogP contribution < -0.4 is 0 Å². The lowest BCUT2D eigenvalue weighted by Gasteiger charge is -2.14. The molecular formula is C9H12N2O3S. The van der Waals surface area contributed by atoms with E-state index in [2.05, 4.69) is 0 Å². The number of carbonyl (C=O) groups excluding carboxylic acids is 1. The second-order valence-corrected chi connectivity index (χ2v) is 5.02. The first kappa shape index (κ1) is 13.5. The second-order valence-electron chi connectivity index (χ2n) is 2.96. The molecule has 0 aromatic rings. The average Bonchev–Trinajstić information content (AvgIpc) is 2.13. The smallest absolute Gasteiger partial charge is 0.237 e. The summed E-state index contributed by atoms with van der Waals surface area (Å²) in [4.78, 5) is 12.5. The van der Waals surface area contributed by atoms with E-state index in [-0.39, 0.29) is 13.0 Å². The molecule has 0 aliphatic heterocycles. The van der Waals surface area contributed by atoms with Crippen molar-refractivity contribution < 1.29 is 13.2 Å². The van der Waals surface area contributed by atoms with Crippen molar-refractivity contribution >= 4 is 15.7 Å². The Labute approximate surface area is 89.6 Å². The Balaban J connectivity index is 4.27. The minimum Gasteiger partial charge on any atom is -0.344 e. The van der Waals surface area contributed by atoms with Crippen molar-refractivity contribution in [3.05, 3.63) is 0 Å². The lowest BCUT2D eigenvalue weighted by molar-refractivity contribution is -0.127. The molecule has 0 rings (SSSR count). The van der Waals surface area contributed by atoms with Gasteiger partial charge in [0.15, 0.2) is 9.84 Å². The predicted molar refractivity (Wildman–Crippen MR) is 55.4 cm³/mol. The molecular weight excluding hydrogens is 216 g/mol. The van der Waals surface area contributed by atoms with Gasteiger partial charge in [0.2, 0.25) is 5.91 Å². The third-order valence-electron chi connectivity index (χ3n) is 1.63. The van der Waals surface area contributed by atoms with Gasteiger partial charge in [0, 0.05) is 13.6 Å². The Bertz CT molecular complexity index is 400. The fourth-order valence-electron chi connectivity index (χ4n) is 0.819. The maximum absolute atomic E-state index is 11.3. The van der Waals surface area contributed by atoms with Gasteiger partial charge in [-0.2, -0.15) is 5.26 Å². The molecule has 0 aromatic heterocycles. The maximum Gasteiger partial charge on any atom is 0.237 e. The largest absolute Gasteiger partial charge is 0.344 e. The molecule has 0 atom stereocenters. The van der Waals surface area contributed by atoms with E-state index < -0.39 is 27.3 Å². The van der Waals surface area contributed by atoms with Crippen LogP contribution in [-0.2, 0) is 14.6 Å². The monoisotopic (exact) mass is 228 g/mol. The van der Waals surface area contributed by atoms with Crippen LogP contribution in [0.1, 0.15) is 6.42 Å².